The number of fused-ring (bicyclic) bond motifs is 1. The molecule has 0 aliphatic heterocycles. The van der Waals surface area contributed by atoms with E-state index in [9.17, 15) is 9.59 Å². The van der Waals surface area contributed by atoms with E-state index < -0.39 is 5.97 Å². The number of pyridine rings is 1. The number of benzene rings is 1. The van der Waals surface area contributed by atoms with Gasteiger partial charge in [-0.2, -0.15) is 4.98 Å². The molecule has 0 bridgehead atoms. The third-order valence-corrected chi connectivity index (χ3v) is 3.70. The van der Waals surface area contributed by atoms with E-state index in [-0.39, 0.29) is 22.0 Å². The number of ether oxygens (including phenoxy) is 1. The molecule has 5 nitrogen and oxygen atoms in total. The second kappa shape index (κ2) is 6.02. The molecule has 2 heterocycles. The van der Waals surface area contributed by atoms with Gasteiger partial charge < -0.3 is 4.74 Å². The number of esters is 1. The van der Waals surface area contributed by atoms with Crippen molar-refractivity contribution in [3.63, 3.8) is 0 Å². The second-order valence-corrected chi connectivity index (χ2v) is 5.72. The van der Waals surface area contributed by atoms with E-state index >= 15 is 0 Å². The summed E-state index contributed by atoms with van der Waals surface area (Å²) in [6.45, 7) is 1.87. The summed E-state index contributed by atoms with van der Waals surface area (Å²) in [7, 11) is 0. The molecule has 0 fully saturated rings. The van der Waals surface area contributed by atoms with Crippen LogP contribution in [0.25, 0.3) is 5.65 Å². The van der Waals surface area contributed by atoms with Crippen molar-refractivity contribution in [2.75, 3.05) is 0 Å². The van der Waals surface area contributed by atoms with Crippen LogP contribution in [0.5, 0.6) is 5.88 Å². The largest absolute Gasteiger partial charge is 0.404 e. The Kier molecular flexibility index (Phi) is 4.07. The molecule has 3 aromatic rings. The van der Waals surface area contributed by atoms with Crippen LogP contribution < -0.4 is 10.3 Å². The van der Waals surface area contributed by atoms with Crippen LogP contribution in [0.3, 0.4) is 0 Å². The van der Waals surface area contributed by atoms with Gasteiger partial charge >= 0.3 is 5.97 Å². The average Bonchev–Trinajstić information content (AvgIpc) is 2.46. The minimum Gasteiger partial charge on any atom is -0.404 e. The van der Waals surface area contributed by atoms with Crippen molar-refractivity contribution in [3.8, 4) is 5.88 Å². The average molecular weight is 349 g/mol. The third kappa shape index (κ3) is 3.21. The number of aromatic nitrogens is 2. The molecular weight excluding hydrogens is 339 g/mol. The highest BCUT2D eigenvalue weighted by Crippen LogP contribution is 2.22. The third-order valence-electron chi connectivity index (χ3n) is 3.15. The van der Waals surface area contributed by atoms with Crippen molar-refractivity contribution in [1.82, 2.24) is 9.38 Å². The highest BCUT2D eigenvalue weighted by Gasteiger charge is 2.15. The lowest BCUT2D eigenvalue weighted by atomic mass is 10.2. The maximum atomic E-state index is 12.2. The standard InChI is InChI=1S/C16H10Cl2N2O3/c1-9-4-5-20-13(6-9)19-14(8-15(20)21)23-16(22)11-3-2-10(17)7-12(11)18/h2-8H,1H3. The molecule has 0 saturated carbocycles. The van der Waals surface area contributed by atoms with Crippen LogP contribution in [0.1, 0.15) is 15.9 Å². The van der Waals surface area contributed by atoms with E-state index in [2.05, 4.69) is 4.98 Å². The normalized spacial score (nSPS) is 10.7. The fourth-order valence-corrected chi connectivity index (χ4v) is 2.53. The number of hydrogen-bond acceptors (Lipinski definition) is 4. The Balaban J connectivity index is 1.98. The van der Waals surface area contributed by atoms with Gasteiger partial charge in [0, 0.05) is 11.2 Å². The van der Waals surface area contributed by atoms with Gasteiger partial charge in [0.1, 0.15) is 5.65 Å². The van der Waals surface area contributed by atoms with Crippen LogP contribution in [0.2, 0.25) is 10.0 Å². The monoisotopic (exact) mass is 348 g/mol. The molecule has 0 unspecified atom stereocenters. The molecular formula is C16H10Cl2N2O3. The maximum Gasteiger partial charge on any atom is 0.346 e. The Morgan fingerprint density at radius 1 is 1.17 bits per heavy atom. The molecule has 23 heavy (non-hydrogen) atoms. The summed E-state index contributed by atoms with van der Waals surface area (Å²) in [6, 6.07) is 9.06. The fourth-order valence-electron chi connectivity index (χ4n) is 2.04. The lowest BCUT2D eigenvalue weighted by Crippen LogP contribution is -2.17. The summed E-state index contributed by atoms with van der Waals surface area (Å²) in [5.41, 5.74) is 1.12. The van der Waals surface area contributed by atoms with Gasteiger partial charge in [0.2, 0.25) is 5.88 Å². The Labute approximate surface area is 141 Å². The van der Waals surface area contributed by atoms with Crippen molar-refractivity contribution in [1.29, 1.82) is 0 Å². The first kappa shape index (κ1) is 15.5. The molecule has 0 amide bonds. The number of carbonyl (C=O) groups is 1. The van der Waals surface area contributed by atoms with Gasteiger partial charge in [0.15, 0.2) is 0 Å². The van der Waals surface area contributed by atoms with E-state index in [4.69, 9.17) is 27.9 Å². The second-order valence-electron chi connectivity index (χ2n) is 4.88. The van der Waals surface area contributed by atoms with Crippen LogP contribution in [0.15, 0.2) is 47.4 Å². The predicted molar refractivity (Wildman–Crippen MR) is 87.6 cm³/mol. The molecule has 0 saturated heterocycles. The summed E-state index contributed by atoms with van der Waals surface area (Å²) in [4.78, 5) is 28.4. The van der Waals surface area contributed by atoms with E-state index in [0.717, 1.165) is 11.6 Å². The van der Waals surface area contributed by atoms with Crippen LogP contribution >= 0.6 is 23.2 Å². The van der Waals surface area contributed by atoms with Crippen LogP contribution in [0, 0.1) is 6.92 Å². The summed E-state index contributed by atoms with van der Waals surface area (Å²) in [5.74, 6) is -0.799. The number of rotatable bonds is 2. The Morgan fingerprint density at radius 2 is 1.96 bits per heavy atom. The maximum absolute atomic E-state index is 12.2. The number of halogens is 2. The molecule has 3 rings (SSSR count). The predicted octanol–water partition coefficient (Wildman–Crippen LogP) is 3.53. The first-order valence-corrected chi connectivity index (χ1v) is 7.37. The Bertz CT molecular complexity index is 983. The first-order valence-electron chi connectivity index (χ1n) is 6.61. The highest BCUT2D eigenvalue weighted by atomic mass is 35.5. The van der Waals surface area contributed by atoms with Crippen LogP contribution in [-0.2, 0) is 0 Å². The Morgan fingerprint density at radius 3 is 2.70 bits per heavy atom. The van der Waals surface area contributed by atoms with Gasteiger partial charge in [0.05, 0.1) is 16.7 Å². The molecule has 116 valence electrons. The molecule has 2 aromatic heterocycles. The molecule has 0 radical (unpaired) electrons. The van der Waals surface area contributed by atoms with Crippen molar-refractivity contribution in [2.24, 2.45) is 0 Å². The zero-order valence-electron chi connectivity index (χ0n) is 11.9. The summed E-state index contributed by atoms with van der Waals surface area (Å²) >= 11 is 11.8. The number of aryl methyl sites for hydroxylation is 1. The van der Waals surface area contributed by atoms with Crippen LogP contribution in [0.4, 0.5) is 0 Å². The van der Waals surface area contributed by atoms with Gasteiger partial charge in [-0.15, -0.1) is 0 Å². The molecule has 0 spiro atoms. The lowest BCUT2D eigenvalue weighted by molar-refractivity contribution is 0.0728. The number of hydrogen-bond donors (Lipinski definition) is 0. The Hall–Kier alpha value is -2.37. The van der Waals surface area contributed by atoms with E-state index in [0.29, 0.717) is 10.7 Å². The van der Waals surface area contributed by atoms with Crippen molar-refractivity contribution in [2.45, 2.75) is 6.92 Å². The summed E-state index contributed by atoms with van der Waals surface area (Å²) < 4.78 is 6.52. The smallest absolute Gasteiger partial charge is 0.346 e. The minimum absolute atomic E-state index is 0.0865. The van der Waals surface area contributed by atoms with Gasteiger partial charge in [0.25, 0.3) is 5.56 Å². The number of carbonyl (C=O) groups excluding carboxylic acids is 1. The van der Waals surface area contributed by atoms with Crippen molar-refractivity contribution < 1.29 is 9.53 Å². The SMILES string of the molecule is Cc1ccn2c(=O)cc(OC(=O)c3ccc(Cl)cc3Cl)nc2c1. The van der Waals surface area contributed by atoms with Gasteiger partial charge in [-0.05, 0) is 42.8 Å². The van der Waals surface area contributed by atoms with Crippen LogP contribution in [-0.4, -0.2) is 15.4 Å². The van der Waals surface area contributed by atoms with E-state index in [1.54, 1.807) is 18.3 Å². The lowest BCUT2D eigenvalue weighted by Gasteiger charge is -2.07. The molecule has 1 aromatic carbocycles. The molecule has 0 atom stereocenters. The van der Waals surface area contributed by atoms with E-state index in [1.807, 2.05) is 6.92 Å². The van der Waals surface area contributed by atoms with Crippen molar-refractivity contribution >= 4 is 34.8 Å². The molecule has 7 heteroatoms. The number of nitrogens with zero attached hydrogens (tertiary/aromatic N) is 2. The molecule has 0 aliphatic carbocycles. The van der Waals surface area contributed by atoms with Gasteiger partial charge in [-0.3, -0.25) is 9.20 Å². The summed E-state index contributed by atoms with van der Waals surface area (Å²) in [6.07, 6.45) is 1.61. The minimum atomic E-state index is -0.712. The molecule has 0 N–H and O–H groups in total. The first-order chi connectivity index (χ1) is 10.9. The van der Waals surface area contributed by atoms with Crippen molar-refractivity contribution in [3.05, 3.63) is 74.1 Å². The highest BCUT2D eigenvalue weighted by molar-refractivity contribution is 6.36. The summed E-state index contributed by atoms with van der Waals surface area (Å²) in [5, 5.41) is 0.569. The fraction of sp³-hybridized carbons (Fsp3) is 0.0625. The molecule has 0 aliphatic rings. The topological polar surface area (TPSA) is 60.7 Å². The zero-order valence-corrected chi connectivity index (χ0v) is 13.4. The quantitative estimate of drug-likeness (QED) is 0.664. The van der Waals surface area contributed by atoms with Gasteiger partial charge in [-0.25, -0.2) is 4.79 Å². The van der Waals surface area contributed by atoms with E-state index in [1.165, 1.54) is 22.6 Å². The van der Waals surface area contributed by atoms with Gasteiger partial charge in [-0.1, -0.05) is 23.2 Å². The zero-order chi connectivity index (χ0) is 16.6.